The van der Waals surface area contributed by atoms with Crippen molar-refractivity contribution in [1.29, 1.82) is 0 Å². The zero-order chi connectivity index (χ0) is 11.4. The third-order valence-electron chi connectivity index (χ3n) is 2.58. The predicted octanol–water partition coefficient (Wildman–Crippen LogP) is 1.50. The van der Waals surface area contributed by atoms with Crippen molar-refractivity contribution in [3.63, 3.8) is 0 Å². The highest BCUT2D eigenvalue weighted by molar-refractivity contribution is 5.93. The Kier molecular flexibility index (Phi) is 7.82. The normalized spacial score (nSPS) is 15.1. The Balaban J connectivity index is 0.00000144. The van der Waals surface area contributed by atoms with Crippen molar-refractivity contribution in [2.45, 2.75) is 6.42 Å². The molecule has 1 aromatic rings. The van der Waals surface area contributed by atoms with Gasteiger partial charge in [0.25, 0.3) is 5.91 Å². The van der Waals surface area contributed by atoms with Gasteiger partial charge in [0, 0.05) is 25.8 Å². The van der Waals surface area contributed by atoms with E-state index < -0.39 is 5.82 Å². The molecule has 1 aliphatic rings. The summed E-state index contributed by atoms with van der Waals surface area (Å²) in [6.45, 7) is 3.08. The van der Waals surface area contributed by atoms with Gasteiger partial charge in [0.15, 0.2) is 0 Å². The van der Waals surface area contributed by atoms with Crippen LogP contribution in [0.15, 0.2) is 18.5 Å². The summed E-state index contributed by atoms with van der Waals surface area (Å²) in [5, 5.41) is 3.21. The third kappa shape index (κ3) is 4.40. The Morgan fingerprint density at radius 1 is 1.28 bits per heavy atom. The van der Waals surface area contributed by atoms with E-state index in [1.54, 1.807) is 4.90 Å². The van der Waals surface area contributed by atoms with Crippen molar-refractivity contribution in [3.8, 4) is 0 Å². The molecule has 0 aliphatic carbocycles. The molecule has 102 valence electrons. The molecule has 0 aromatic carbocycles. The fourth-order valence-electron chi connectivity index (χ4n) is 1.76. The minimum absolute atomic E-state index is 0. The Bertz CT molecular complexity index is 384. The van der Waals surface area contributed by atoms with Gasteiger partial charge >= 0.3 is 0 Å². The number of hydrogen-bond acceptors (Lipinski definition) is 3. The maximum Gasteiger partial charge on any atom is 0.255 e. The first-order chi connectivity index (χ1) is 7.77. The maximum atomic E-state index is 12.9. The maximum absolute atomic E-state index is 12.9. The van der Waals surface area contributed by atoms with E-state index in [4.69, 9.17) is 0 Å². The number of aromatic nitrogens is 1. The molecule has 1 aliphatic heterocycles. The summed E-state index contributed by atoms with van der Waals surface area (Å²) in [5.74, 6) is -0.616. The van der Waals surface area contributed by atoms with E-state index in [1.165, 1.54) is 12.3 Å². The molecule has 7 heteroatoms. The lowest BCUT2D eigenvalue weighted by atomic mass is 10.2. The Morgan fingerprint density at radius 2 is 2.06 bits per heavy atom. The van der Waals surface area contributed by atoms with E-state index >= 15 is 0 Å². The van der Waals surface area contributed by atoms with Gasteiger partial charge in [-0.15, -0.1) is 24.8 Å². The zero-order valence-electron chi connectivity index (χ0n) is 9.76. The molecule has 0 bridgehead atoms. The molecule has 0 atom stereocenters. The first-order valence-corrected chi connectivity index (χ1v) is 5.38. The molecule has 1 amide bonds. The second-order valence-corrected chi connectivity index (χ2v) is 3.79. The lowest BCUT2D eigenvalue weighted by Gasteiger charge is -2.19. The molecule has 2 rings (SSSR count). The second-order valence-electron chi connectivity index (χ2n) is 3.79. The molecule has 1 N–H and O–H groups in total. The Labute approximate surface area is 118 Å². The number of pyridine rings is 1. The summed E-state index contributed by atoms with van der Waals surface area (Å²) in [7, 11) is 0. The van der Waals surface area contributed by atoms with Gasteiger partial charge in [-0.2, -0.15) is 0 Å². The van der Waals surface area contributed by atoms with Gasteiger partial charge in [-0.05, 0) is 19.0 Å². The summed E-state index contributed by atoms with van der Waals surface area (Å²) < 4.78 is 12.9. The van der Waals surface area contributed by atoms with E-state index in [9.17, 15) is 9.18 Å². The monoisotopic (exact) mass is 295 g/mol. The van der Waals surface area contributed by atoms with Crippen molar-refractivity contribution < 1.29 is 9.18 Å². The highest BCUT2D eigenvalue weighted by Gasteiger charge is 2.17. The van der Waals surface area contributed by atoms with E-state index in [1.807, 2.05) is 0 Å². The van der Waals surface area contributed by atoms with Crippen molar-refractivity contribution in [3.05, 3.63) is 29.8 Å². The number of nitrogens with zero attached hydrogens (tertiary/aromatic N) is 2. The van der Waals surface area contributed by atoms with Gasteiger partial charge in [0.2, 0.25) is 0 Å². The topological polar surface area (TPSA) is 45.2 Å². The van der Waals surface area contributed by atoms with Crippen LogP contribution >= 0.6 is 24.8 Å². The number of carbonyl (C=O) groups excluding carboxylic acids is 1. The zero-order valence-corrected chi connectivity index (χ0v) is 11.4. The van der Waals surface area contributed by atoms with Crippen LogP contribution in [0.4, 0.5) is 4.39 Å². The standard InChI is InChI=1S/C11H14FN3O.2ClH/c12-10-6-9(7-14-8-10)11(16)15-4-1-2-13-3-5-15;;/h6-8,13H,1-5H2;2*1H. The molecule has 18 heavy (non-hydrogen) atoms. The number of carbonyl (C=O) groups is 1. The van der Waals surface area contributed by atoms with Crippen LogP contribution < -0.4 is 5.32 Å². The molecular formula is C11H16Cl2FN3O. The van der Waals surface area contributed by atoms with Gasteiger partial charge in [0.05, 0.1) is 11.8 Å². The summed E-state index contributed by atoms with van der Waals surface area (Å²) in [6, 6.07) is 1.23. The minimum Gasteiger partial charge on any atom is -0.337 e. The largest absolute Gasteiger partial charge is 0.337 e. The van der Waals surface area contributed by atoms with Gasteiger partial charge in [-0.3, -0.25) is 9.78 Å². The number of rotatable bonds is 1. The first kappa shape index (κ1) is 17.1. The molecule has 1 aromatic heterocycles. The number of hydrogen-bond donors (Lipinski definition) is 1. The molecule has 0 unspecified atom stereocenters. The smallest absolute Gasteiger partial charge is 0.255 e. The second kappa shape index (κ2) is 8.24. The van der Waals surface area contributed by atoms with E-state index in [0.717, 1.165) is 25.7 Å². The van der Waals surface area contributed by atoms with Gasteiger partial charge in [-0.1, -0.05) is 0 Å². The average molecular weight is 296 g/mol. The summed E-state index contributed by atoms with van der Waals surface area (Å²) >= 11 is 0. The lowest BCUT2D eigenvalue weighted by molar-refractivity contribution is 0.0765. The summed E-state index contributed by atoms with van der Waals surface area (Å²) in [5.41, 5.74) is 0.321. The Morgan fingerprint density at radius 3 is 2.78 bits per heavy atom. The number of amides is 1. The van der Waals surface area contributed by atoms with Crippen LogP contribution in [0.2, 0.25) is 0 Å². The number of nitrogens with one attached hydrogen (secondary N) is 1. The van der Waals surface area contributed by atoms with Crippen molar-refractivity contribution >= 4 is 30.7 Å². The molecule has 1 saturated heterocycles. The van der Waals surface area contributed by atoms with Gasteiger partial charge in [0.1, 0.15) is 5.82 Å². The molecule has 1 fully saturated rings. The predicted molar refractivity (Wildman–Crippen MR) is 72.1 cm³/mol. The fraction of sp³-hybridized carbons (Fsp3) is 0.455. The van der Waals surface area contributed by atoms with Crippen LogP contribution in [0.3, 0.4) is 0 Å². The van der Waals surface area contributed by atoms with Crippen molar-refractivity contribution in [2.24, 2.45) is 0 Å². The highest BCUT2D eigenvalue weighted by Crippen LogP contribution is 2.07. The highest BCUT2D eigenvalue weighted by atomic mass is 35.5. The van der Waals surface area contributed by atoms with Gasteiger partial charge in [-0.25, -0.2) is 4.39 Å². The lowest BCUT2D eigenvalue weighted by Crippen LogP contribution is -2.34. The van der Waals surface area contributed by atoms with Crippen molar-refractivity contribution in [1.82, 2.24) is 15.2 Å². The van der Waals surface area contributed by atoms with Crippen LogP contribution in [0.1, 0.15) is 16.8 Å². The molecule has 0 spiro atoms. The quantitative estimate of drug-likeness (QED) is 0.854. The van der Waals surface area contributed by atoms with Crippen LogP contribution in [0, 0.1) is 5.82 Å². The first-order valence-electron chi connectivity index (χ1n) is 5.38. The molecular weight excluding hydrogens is 280 g/mol. The summed E-state index contributed by atoms with van der Waals surface area (Å²) in [6.07, 6.45) is 3.43. The van der Waals surface area contributed by atoms with Crippen LogP contribution in [0.5, 0.6) is 0 Å². The Hall–Kier alpha value is -0.910. The van der Waals surface area contributed by atoms with E-state index in [-0.39, 0.29) is 30.7 Å². The van der Waals surface area contributed by atoms with E-state index in [2.05, 4.69) is 10.3 Å². The SMILES string of the molecule is Cl.Cl.O=C(c1cncc(F)c1)N1CCCNCC1. The minimum atomic E-state index is -0.473. The van der Waals surface area contributed by atoms with E-state index in [0.29, 0.717) is 18.7 Å². The fourth-order valence-corrected chi connectivity index (χ4v) is 1.76. The van der Waals surface area contributed by atoms with Crippen molar-refractivity contribution in [2.75, 3.05) is 26.2 Å². The molecule has 2 heterocycles. The third-order valence-corrected chi connectivity index (χ3v) is 2.58. The van der Waals surface area contributed by atoms with Crippen LogP contribution in [0.25, 0.3) is 0 Å². The van der Waals surface area contributed by atoms with Crippen LogP contribution in [-0.4, -0.2) is 42.0 Å². The summed E-state index contributed by atoms with van der Waals surface area (Å²) in [4.78, 5) is 17.4. The molecule has 0 saturated carbocycles. The molecule has 0 radical (unpaired) electrons. The molecule has 4 nitrogen and oxygen atoms in total. The number of halogens is 3. The van der Waals surface area contributed by atoms with Gasteiger partial charge < -0.3 is 10.2 Å². The van der Waals surface area contributed by atoms with Crippen LogP contribution in [-0.2, 0) is 0 Å². The average Bonchev–Trinajstić information content (AvgIpc) is 2.56.